The average molecular weight is 350 g/mol. The van der Waals surface area contributed by atoms with Gasteiger partial charge in [0, 0.05) is 0 Å². The van der Waals surface area contributed by atoms with E-state index >= 15 is 0 Å². The molecule has 0 atom stereocenters. The molecular formula is C22H30Fe. The Bertz CT molecular complexity index is 434. The van der Waals surface area contributed by atoms with Gasteiger partial charge in [0.05, 0.1) is 0 Å². The van der Waals surface area contributed by atoms with E-state index in [9.17, 15) is 0 Å². The Kier molecular flexibility index (Phi) is 8.20. The third-order valence-corrected chi connectivity index (χ3v) is 5.53. The van der Waals surface area contributed by atoms with E-state index in [4.69, 9.17) is 0 Å². The van der Waals surface area contributed by atoms with Crippen LogP contribution in [0.2, 0.25) is 0 Å². The molecule has 2 saturated carbocycles. The molecule has 0 radical (unpaired) electrons. The summed E-state index contributed by atoms with van der Waals surface area (Å²) in [5, 5.41) is 0. The van der Waals surface area contributed by atoms with Crippen LogP contribution < -0.4 is 0 Å². The molecule has 0 bridgehead atoms. The van der Waals surface area contributed by atoms with Crippen molar-refractivity contribution in [2.45, 2.75) is 76.0 Å². The van der Waals surface area contributed by atoms with Gasteiger partial charge in [0.15, 0.2) is 0 Å². The Balaban J connectivity index is 0.000000160. The van der Waals surface area contributed by atoms with Crippen LogP contribution in [0.25, 0.3) is 0 Å². The molecule has 2 aromatic carbocycles. The largest absolute Gasteiger partial charge is 2.00 e. The maximum absolute atomic E-state index is 2.27. The zero-order valence-corrected chi connectivity index (χ0v) is 15.3. The molecule has 0 amide bonds. The van der Waals surface area contributed by atoms with Crippen LogP contribution in [0.4, 0.5) is 0 Å². The van der Waals surface area contributed by atoms with Crippen LogP contribution in [-0.4, -0.2) is 0 Å². The van der Waals surface area contributed by atoms with Crippen LogP contribution in [0.1, 0.15) is 87.2 Å². The van der Waals surface area contributed by atoms with E-state index in [1.165, 1.54) is 64.2 Å². The fourth-order valence-electron chi connectivity index (χ4n) is 4.19. The third kappa shape index (κ3) is 5.66. The Morgan fingerprint density at radius 2 is 1.00 bits per heavy atom. The topological polar surface area (TPSA) is 0 Å². The molecule has 0 saturated heterocycles. The Morgan fingerprint density at radius 3 is 1.30 bits per heavy atom. The van der Waals surface area contributed by atoms with E-state index in [2.05, 4.69) is 48.5 Å². The van der Waals surface area contributed by atoms with Crippen molar-refractivity contribution in [3.05, 3.63) is 59.7 Å². The molecule has 0 nitrogen and oxygen atoms in total. The van der Waals surface area contributed by atoms with Crippen molar-refractivity contribution in [2.75, 3.05) is 0 Å². The van der Waals surface area contributed by atoms with Gasteiger partial charge in [-0.1, -0.05) is 38.5 Å². The summed E-state index contributed by atoms with van der Waals surface area (Å²) in [6, 6.07) is 17.7. The SMILES string of the molecule is [Fe+2].c1c[cH-]c(C2CCCCC2)c1.c1c[cH-]c(C2CCCCC2)c1. The summed E-state index contributed by atoms with van der Waals surface area (Å²) in [7, 11) is 0. The van der Waals surface area contributed by atoms with E-state index in [0.29, 0.717) is 0 Å². The number of rotatable bonds is 2. The maximum Gasteiger partial charge on any atom is 2.00 e. The molecule has 0 unspecified atom stereocenters. The maximum atomic E-state index is 2.27. The predicted octanol–water partition coefficient (Wildman–Crippen LogP) is 6.90. The minimum Gasteiger partial charge on any atom is -0.213 e. The standard InChI is InChI=1S/2C11H15.Fe/c2*1-2-6-10(7-3-1)11-8-4-5-9-11;/h2*4-5,8-10H,1-3,6-7H2;/q2*-1;+2. The zero-order chi connectivity index (χ0) is 15.0. The molecular weight excluding hydrogens is 320 g/mol. The van der Waals surface area contributed by atoms with Crippen molar-refractivity contribution in [2.24, 2.45) is 0 Å². The van der Waals surface area contributed by atoms with Crippen molar-refractivity contribution >= 4 is 0 Å². The van der Waals surface area contributed by atoms with Gasteiger partial charge in [-0.05, 0) is 37.5 Å². The van der Waals surface area contributed by atoms with Gasteiger partial charge >= 0.3 is 17.1 Å². The summed E-state index contributed by atoms with van der Waals surface area (Å²) in [6.45, 7) is 0. The van der Waals surface area contributed by atoms with Crippen LogP contribution in [-0.2, 0) is 17.1 Å². The smallest absolute Gasteiger partial charge is 0.213 e. The van der Waals surface area contributed by atoms with Crippen molar-refractivity contribution in [1.82, 2.24) is 0 Å². The molecule has 2 aromatic rings. The summed E-state index contributed by atoms with van der Waals surface area (Å²) in [5.41, 5.74) is 3.15. The molecule has 1 heteroatoms. The monoisotopic (exact) mass is 350 g/mol. The third-order valence-electron chi connectivity index (χ3n) is 5.53. The minimum atomic E-state index is 0. The first-order valence-corrected chi connectivity index (χ1v) is 9.37. The van der Waals surface area contributed by atoms with Crippen LogP contribution in [0, 0.1) is 0 Å². The molecule has 23 heavy (non-hydrogen) atoms. The molecule has 0 spiro atoms. The molecule has 2 fully saturated rings. The van der Waals surface area contributed by atoms with Crippen LogP contribution in [0.5, 0.6) is 0 Å². The second-order valence-electron chi connectivity index (χ2n) is 7.11. The fraction of sp³-hybridized carbons (Fsp3) is 0.545. The molecule has 0 N–H and O–H groups in total. The first-order valence-electron chi connectivity index (χ1n) is 9.37. The molecule has 2 aliphatic carbocycles. The summed E-state index contributed by atoms with van der Waals surface area (Å²) in [6.07, 6.45) is 14.4. The first kappa shape index (κ1) is 18.6. The van der Waals surface area contributed by atoms with Gasteiger partial charge in [0.1, 0.15) is 0 Å². The minimum absolute atomic E-state index is 0. The van der Waals surface area contributed by atoms with Crippen molar-refractivity contribution in [1.29, 1.82) is 0 Å². The van der Waals surface area contributed by atoms with Crippen LogP contribution >= 0.6 is 0 Å². The summed E-state index contributed by atoms with van der Waals surface area (Å²) in [4.78, 5) is 0. The molecule has 0 aliphatic heterocycles. The normalized spacial score (nSPS) is 19.5. The van der Waals surface area contributed by atoms with Gasteiger partial charge in [-0.3, -0.25) is 0 Å². The Morgan fingerprint density at radius 1 is 0.609 bits per heavy atom. The number of hydrogen-bond donors (Lipinski definition) is 0. The first-order chi connectivity index (χ1) is 10.9. The van der Waals surface area contributed by atoms with Crippen molar-refractivity contribution < 1.29 is 17.1 Å². The quantitative estimate of drug-likeness (QED) is 0.408. The summed E-state index contributed by atoms with van der Waals surface area (Å²) >= 11 is 0. The molecule has 4 rings (SSSR count). The van der Waals surface area contributed by atoms with Gasteiger partial charge in [-0.2, -0.15) is 35.4 Å². The zero-order valence-electron chi connectivity index (χ0n) is 14.2. The van der Waals surface area contributed by atoms with Crippen LogP contribution in [0.3, 0.4) is 0 Å². The Labute approximate surface area is 152 Å². The molecule has 2 aliphatic rings. The van der Waals surface area contributed by atoms with E-state index < -0.39 is 0 Å². The van der Waals surface area contributed by atoms with E-state index in [1.807, 2.05) is 0 Å². The molecule has 0 aromatic heterocycles. The number of hydrogen-bond acceptors (Lipinski definition) is 0. The van der Waals surface area contributed by atoms with Crippen molar-refractivity contribution in [3.8, 4) is 0 Å². The van der Waals surface area contributed by atoms with Crippen LogP contribution in [0.15, 0.2) is 48.5 Å². The van der Waals surface area contributed by atoms with Gasteiger partial charge in [-0.15, -0.1) is 0 Å². The summed E-state index contributed by atoms with van der Waals surface area (Å²) < 4.78 is 0. The van der Waals surface area contributed by atoms with Gasteiger partial charge < -0.3 is 0 Å². The van der Waals surface area contributed by atoms with Gasteiger partial charge in [-0.25, -0.2) is 24.3 Å². The Hall–Kier alpha value is -0.781. The average Bonchev–Trinajstić information content (AvgIpc) is 3.31. The van der Waals surface area contributed by atoms with Gasteiger partial charge in [0.2, 0.25) is 0 Å². The summed E-state index contributed by atoms with van der Waals surface area (Å²) in [5.74, 6) is 1.78. The fourth-order valence-corrected chi connectivity index (χ4v) is 4.19. The van der Waals surface area contributed by atoms with E-state index in [0.717, 1.165) is 11.8 Å². The second-order valence-corrected chi connectivity index (χ2v) is 7.11. The van der Waals surface area contributed by atoms with Crippen molar-refractivity contribution in [3.63, 3.8) is 0 Å². The predicted molar refractivity (Wildman–Crippen MR) is 95.7 cm³/mol. The molecule has 126 valence electrons. The van der Waals surface area contributed by atoms with E-state index in [-0.39, 0.29) is 17.1 Å². The molecule has 0 heterocycles. The second kappa shape index (κ2) is 10.2. The van der Waals surface area contributed by atoms with Gasteiger partial charge in [0.25, 0.3) is 0 Å². The van der Waals surface area contributed by atoms with E-state index in [1.54, 1.807) is 11.1 Å².